The second-order valence-electron chi connectivity index (χ2n) is 6.69. The molecular weight excluding hydrogens is 298 g/mol. The standard InChI is InChI=1S/C21H27NO2/c1-17-7-5-8-18(15-17)20-11-13-22(16-21(20)23)12-6-14-24-19-9-3-2-4-10-19/h2-5,7-10,15,20-21,23H,6,11-14,16H2,1H3. The first-order valence-electron chi connectivity index (χ1n) is 8.87. The van der Waals surface area contributed by atoms with E-state index in [1.165, 1.54) is 11.1 Å². The summed E-state index contributed by atoms with van der Waals surface area (Å²) in [7, 11) is 0. The Bertz CT molecular complexity index is 629. The molecule has 2 aromatic carbocycles. The molecule has 2 unspecified atom stereocenters. The topological polar surface area (TPSA) is 32.7 Å². The molecule has 24 heavy (non-hydrogen) atoms. The van der Waals surface area contributed by atoms with Crippen LogP contribution in [0.1, 0.15) is 29.9 Å². The van der Waals surface area contributed by atoms with E-state index in [2.05, 4.69) is 36.1 Å². The van der Waals surface area contributed by atoms with Crippen molar-refractivity contribution < 1.29 is 9.84 Å². The van der Waals surface area contributed by atoms with Gasteiger partial charge in [-0.05, 0) is 44.0 Å². The fourth-order valence-corrected chi connectivity index (χ4v) is 3.48. The summed E-state index contributed by atoms with van der Waals surface area (Å²) in [6, 6.07) is 18.5. The first-order valence-corrected chi connectivity index (χ1v) is 8.87. The lowest BCUT2D eigenvalue weighted by atomic mass is 9.86. The van der Waals surface area contributed by atoms with Gasteiger partial charge < -0.3 is 14.7 Å². The van der Waals surface area contributed by atoms with Crippen LogP contribution in [0.4, 0.5) is 0 Å². The van der Waals surface area contributed by atoms with E-state index < -0.39 is 0 Å². The summed E-state index contributed by atoms with van der Waals surface area (Å²) in [6.07, 6.45) is 1.72. The van der Waals surface area contributed by atoms with E-state index in [-0.39, 0.29) is 12.0 Å². The van der Waals surface area contributed by atoms with Gasteiger partial charge in [0.05, 0.1) is 12.7 Å². The minimum atomic E-state index is -0.282. The maximum atomic E-state index is 10.5. The highest BCUT2D eigenvalue weighted by Crippen LogP contribution is 2.29. The zero-order valence-corrected chi connectivity index (χ0v) is 14.4. The van der Waals surface area contributed by atoms with Gasteiger partial charge in [0.2, 0.25) is 0 Å². The number of likely N-dealkylation sites (tertiary alicyclic amines) is 1. The lowest BCUT2D eigenvalue weighted by Crippen LogP contribution is -2.43. The van der Waals surface area contributed by atoms with Gasteiger partial charge in [-0.25, -0.2) is 0 Å². The van der Waals surface area contributed by atoms with E-state index in [0.29, 0.717) is 0 Å². The number of β-amino-alcohol motifs (C(OH)–C–C–N with tert-alkyl or cyclic N) is 1. The molecule has 1 N–H and O–H groups in total. The van der Waals surface area contributed by atoms with Crippen LogP contribution in [0.2, 0.25) is 0 Å². The summed E-state index contributed by atoms with van der Waals surface area (Å²) < 4.78 is 5.74. The van der Waals surface area contributed by atoms with Gasteiger partial charge in [-0.3, -0.25) is 0 Å². The molecule has 0 saturated carbocycles. The van der Waals surface area contributed by atoms with E-state index >= 15 is 0 Å². The van der Waals surface area contributed by atoms with Gasteiger partial charge >= 0.3 is 0 Å². The Balaban J connectivity index is 1.42. The molecule has 0 amide bonds. The van der Waals surface area contributed by atoms with Crippen molar-refractivity contribution in [2.24, 2.45) is 0 Å². The molecule has 3 nitrogen and oxygen atoms in total. The second kappa shape index (κ2) is 8.32. The number of para-hydroxylation sites is 1. The molecule has 0 bridgehead atoms. The van der Waals surface area contributed by atoms with E-state index in [9.17, 15) is 5.11 Å². The number of hydrogen-bond donors (Lipinski definition) is 1. The molecule has 1 fully saturated rings. The van der Waals surface area contributed by atoms with Crippen molar-refractivity contribution in [2.45, 2.75) is 31.8 Å². The van der Waals surface area contributed by atoms with Crippen molar-refractivity contribution in [3.05, 3.63) is 65.7 Å². The third kappa shape index (κ3) is 4.59. The first kappa shape index (κ1) is 17.0. The van der Waals surface area contributed by atoms with Gasteiger partial charge in [-0.15, -0.1) is 0 Å². The fourth-order valence-electron chi connectivity index (χ4n) is 3.48. The highest BCUT2D eigenvalue weighted by Gasteiger charge is 2.28. The molecular formula is C21H27NO2. The van der Waals surface area contributed by atoms with E-state index in [1.54, 1.807) is 0 Å². The molecule has 1 heterocycles. The first-order chi connectivity index (χ1) is 11.7. The Morgan fingerprint density at radius 1 is 1.12 bits per heavy atom. The second-order valence-corrected chi connectivity index (χ2v) is 6.69. The molecule has 2 atom stereocenters. The lowest BCUT2D eigenvalue weighted by Gasteiger charge is -2.36. The third-order valence-corrected chi connectivity index (χ3v) is 4.77. The summed E-state index contributed by atoms with van der Waals surface area (Å²) in [5.41, 5.74) is 2.54. The largest absolute Gasteiger partial charge is 0.494 e. The van der Waals surface area contributed by atoms with Crippen LogP contribution in [0.3, 0.4) is 0 Å². The predicted octanol–water partition coefficient (Wildman–Crippen LogP) is 3.61. The monoisotopic (exact) mass is 325 g/mol. The average Bonchev–Trinajstić information content (AvgIpc) is 2.60. The molecule has 0 radical (unpaired) electrons. The van der Waals surface area contributed by atoms with Crippen LogP contribution < -0.4 is 4.74 Å². The molecule has 1 saturated heterocycles. The Labute approximate surface area is 144 Å². The van der Waals surface area contributed by atoms with Gasteiger partial charge in [-0.1, -0.05) is 48.0 Å². The average molecular weight is 325 g/mol. The molecule has 1 aliphatic rings. The molecule has 0 aromatic heterocycles. The molecule has 0 aliphatic carbocycles. The van der Waals surface area contributed by atoms with Crippen molar-refractivity contribution in [2.75, 3.05) is 26.2 Å². The zero-order chi connectivity index (χ0) is 16.8. The minimum Gasteiger partial charge on any atom is -0.494 e. The molecule has 3 heteroatoms. The van der Waals surface area contributed by atoms with E-state index in [1.807, 2.05) is 30.3 Å². The maximum Gasteiger partial charge on any atom is 0.119 e. The van der Waals surface area contributed by atoms with Crippen LogP contribution >= 0.6 is 0 Å². The number of ether oxygens (including phenoxy) is 1. The predicted molar refractivity (Wildman–Crippen MR) is 97.5 cm³/mol. The van der Waals surface area contributed by atoms with Crippen LogP contribution in [-0.2, 0) is 0 Å². The van der Waals surface area contributed by atoms with Crippen molar-refractivity contribution >= 4 is 0 Å². The highest BCUT2D eigenvalue weighted by molar-refractivity contribution is 5.27. The quantitative estimate of drug-likeness (QED) is 0.824. The van der Waals surface area contributed by atoms with Crippen LogP contribution in [0.5, 0.6) is 5.75 Å². The normalized spacial score (nSPS) is 21.6. The maximum absolute atomic E-state index is 10.5. The van der Waals surface area contributed by atoms with E-state index in [0.717, 1.165) is 44.8 Å². The SMILES string of the molecule is Cc1cccc(C2CCN(CCCOc3ccccc3)CC2O)c1. The van der Waals surface area contributed by atoms with Crippen molar-refractivity contribution in [3.8, 4) is 5.75 Å². The Morgan fingerprint density at radius 2 is 1.96 bits per heavy atom. The summed E-state index contributed by atoms with van der Waals surface area (Å²) in [5, 5.41) is 10.5. The van der Waals surface area contributed by atoms with Gasteiger partial charge in [0.15, 0.2) is 0 Å². The third-order valence-electron chi connectivity index (χ3n) is 4.77. The van der Waals surface area contributed by atoms with Crippen molar-refractivity contribution in [3.63, 3.8) is 0 Å². The van der Waals surface area contributed by atoms with Gasteiger partial charge in [0, 0.05) is 19.0 Å². The highest BCUT2D eigenvalue weighted by atomic mass is 16.5. The Morgan fingerprint density at radius 3 is 2.71 bits per heavy atom. The smallest absolute Gasteiger partial charge is 0.119 e. The molecule has 3 rings (SSSR count). The van der Waals surface area contributed by atoms with Crippen LogP contribution in [-0.4, -0.2) is 42.4 Å². The molecule has 0 spiro atoms. The summed E-state index contributed by atoms with van der Waals surface area (Å²) in [6.45, 7) is 5.60. The van der Waals surface area contributed by atoms with Gasteiger partial charge in [0.25, 0.3) is 0 Å². The van der Waals surface area contributed by atoms with Crippen LogP contribution in [0.15, 0.2) is 54.6 Å². The summed E-state index contributed by atoms with van der Waals surface area (Å²) in [4.78, 5) is 2.35. The number of benzene rings is 2. The van der Waals surface area contributed by atoms with Gasteiger partial charge in [0.1, 0.15) is 5.75 Å². The summed E-state index contributed by atoms with van der Waals surface area (Å²) in [5.74, 6) is 1.19. The molecule has 1 aliphatic heterocycles. The van der Waals surface area contributed by atoms with Crippen LogP contribution in [0.25, 0.3) is 0 Å². The number of nitrogens with zero attached hydrogens (tertiary/aromatic N) is 1. The zero-order valence-electron chi connectivity index (χ0n) is 14.4. The number of aliphatic hydroxyl groups excluding tert-OH is 1. The van der Waals surface area contributed by atoms with Gasteiger partial charge in [-0.2, -0.15) is 0 Å². The number of rotatable bonds is 6. The lowest BCUT2D eigenvalue weighted by molar-refractivity contribution is 0.0490. The van der Waals surface area contributed by atoms with Crippen LogP contribution in [0, 0.1) is 6.92 Å². The number of piperidine rings is 1. The number of aryl methyl sites for hydroxylation is 1. The number of hydrogen-bond acceptors (Lipinski definition) is 3. The van der Waals surface area contributed by atoms with Crippen molar-refractivity contribution in [1.82, 2.24) is 4.90 Å². The fraction of sp³-hybridized carbons (Fsp3) is 0.429. The summed E-state index contributed by atoms with van der Waals surface area (Å²) >= 11 is 0. The molecule has 128 valence electrons. The van der Waals surface area contributed by atoms with Crippen molar-refractivity contribution in [1.29, 1.82) is 0 Å². The number of aliphatic hydroxyl groups is 1. The van der Waals surface area contributed by atoms with E-state index in [4.69, 9.17) is 4.74 Å². The minimum absolute atomic E-state index is 0.265. The molecule has 2 aromatic rings. The Kier molecular flexibility index (Phi) is 5.89. The Hall–Kier alpha value is -1.84.